The van der Waals surface area contributed by atoms with Crippen LogP contribution in [-0.2, 0) is 0 Å². The standard InChI is InChI=1S/C9H21NOS/c1-9(5-3-7-11)10-6-4-8-12-2/h9-11H,3-8H2,1-2H3/t9-/m1/s1. The second kappa shape index (κ2) is 9.36. The van der Waals surface area contributed by atoms with E-state index >= 15 is 0 Å². The maximum Gasteiger partial charge on any atom is 0.0431 e. The van der Waals surface area contributed by atoms with Crippen molar-refractivity contribution in [2.75, 3.05) is 25.2 Å². The zero-order valence-electron chi connectivity index (χ0n) is 8.18. The largest absolute Gasteiger partial charge is 0.396 e. The van der Waals surface area contributed by atoms with Crippen molar-refractivity contribution < 1.29 is 5.11 Å². The van der Waals surface area contributed by atoms with Crippen molar-refractivity contribution in [2.24, 2.45) is 0 Å². The molecule has 0 radical (unpaired) electrons. The molecule has 0 aromatic heterocycles. The molecule has 0 aliphatic heterocycles. The van der Waals surface area contributed by atoms with E-state index in [4.69, 9.17) is 5.11 Å². The summed E-state index contributed by atoms with van der Waals surface area (Å²) < 4.78 is 0. The molecule has 0 aromatic carbocycles. The number of thioether (sulfide) groups is 1. The van der Waals surface area contributed by atoms with Gasteiger partial charge in [0.2, 0.25) is 0 Å². The first-order valence-corrected chi connectivity index (χ1v) is 6.03. The maximum atomic E-state index is 8.59. The van der Waals surface area contributed by atoms with E-state index < -0.39 is 0 Å². The summed E-state index contributed by atoms with van der Waals surface area (Å²) >= 11 is 1.89. The minimum atomic E-state index is 0.316. The van der Waals surface area contributed by atoms with Crippen LogP contribution < -0.4 is 5.32 Å². The molecule has 0 saturated heterocycles. The Kier molecular flexibility index (Phi) is 9.57. The minimum absolute atomic E-state index is 0.316. The third-order valence-electron chi connectivity index (χ3n) is 1.81. The van der Waals surface area contributed by atoms with E-state index in [9.17, 15) is 0 Å². The van der Waals surface area contributed by atoms with Crippen molar-refractivity contribution in [1.29, 1.82) is 0 Å². The van der Waals surface area contributed by atoms with Gasteiger partial charge >= 0.3 is 0 Å². The average Bonchev–Trinajstić information content (AvgIpc) is 2.09. The lowest BCUT2D eigenvalue weighted by Crippen LogP contribution is -2.27. The molecular weight excluding hydrogens is 170 g/mol. The zero-order valence-corrected chi connectivity index (χ0v) is 8.99. The van der Waals surface area contributed by atoms with Crippen LogP contribution in [0.1, 0.15) is 26.2 Å². The first-order chi connectivity index (χ1) is 5.81. The first kappa shape index (κ1) is 12.3. The van der Waals surface area contributed by atoms with Crippen LogP contribution in [0.15, 0.2) is 0 Å². The van der Waals surface area contributed by atoms with E-state index in [1.54, 1.807) is 0 Å². The van der Waals surface area contributed by atoms with Crippen LogP contribution in [0.2, 0.25) is 0 Å². The molecule has 0 saturated carbocycles. The molecule has 1 atom stereocenters. The van der Waals surface area contributed by atoms with Crippen LogP contribution in [0, 0.1) is 0 Å². The van der Waals surface area contributed by atoms with Gasteiger partial charge in [0.05, 0.1) is 0 Å². The predicted molar refractivity (Wildman–Crippen MR) is 56.8 cm³/mol. The lowest BCUT2D eigenvalue weighted by Gasteiger charge is -2.12. The quantitative estimate of drug-likeness (QED) is 0.570. The Hall–Kier alpha value is 0.270. The van der Waals surface area contributed by atoms with E-state index in [-0.39, 0.29) is 0 Å². The van der Waals surface area contributed by atoms with E-state index in [1.165, 1.54) is 12.2 Å². The highest BCUT2D eigenvalue weighted by Crippen LogP contribution is 1.97. The fourth-order valence-corrected chi connectivity index (χ4v) is 1.50. The summed E-state index contributed by atoms with van der Waals surface area (Å²) in [5.74, 6) is 1.24. The van der Waals surface area contributed by atoms with Crippen LogP contribution in [0.4, 0.5) is 0 Å². The highest BCUT2D eigenvalue weighted by molar-refractivity contribution is 7.98. The molecule has 0 bridgehead atoms. The number of hydrogen-bond donors (Lipinski definition) is 2. The summed E-state index contributed by atoms with van der Waals surface area (Å²) in [7, 11) is 0. The summed E-state index contributed by atoms with van der Waals surface area (Å²) in [6.07, 6.45) is 5.37. The molecule has 74 valence electrons. The SMILES string of the molecule is CSCCCN[C@H](C)CCCO. The molecule has 0 rings (SSSR count). The molecule has 3 heteroatoms. The Labute approximate surface area is 80.1 Å². The van der Waals surface area contributed by atoms with Gasteiger partial charge in [0.1, 0.15) is 0 Å². The van der Waals surface area contributed by atoms with Gasteiger partial charge in [-0.25, -0.2) is 0 Å². The Morgan fingerprint density at radius 2 is 2.17 bits per heavy atom. The molecule has 0 aliphatic carbocycles. The van der Waals surface area contributed by atoms with Crippen molar-refractivity contribution in [3.05, 3.63) is 0 Å². The molecule has 0 unspecified atom stereocenters. The summed E-state index contributed by atoms with van der Waals surface area (Å²) in [6, 6.07) is 0.555. The van der Waals surface area contributed by atoms with Crippen molar-refractivity contribution in [1.82, 2.24) is 5.32 Å². The fraction of sp³-hybridized carbons (Fsp3) is 1.00. The van der Waals surface area contributed by atoms with E-state index in [0.717, 1.165) is 19.4 Å². The normalized spacial score (nSPS) is 13.2. The second-order valence-electron chi connectivity index (χ2n) is 3.07. The van der Waals surface area contributed by atoms with Crippen LogP contribution in [0.3, 0.4) is 0 Å². The third kappa shape index (κ3) is 8.37. The minimum Gasteiger partial charge on any atom is -0.396 e. The number of aliphatic hydroxyl groups excluding tert-OH is 1. The lowest BCUT2D eigenvalue weighted by molar-refractivity contribution is 0.276. The van der Waals surface area contributed by atoms with E-state index in [0.29, 0.717) is 12.6 Å². The number of aliphatic hydroxyl groups is 1. The Morgan fingerprint density at radius 3 is 2.75 bits per heavy atom. The molecule has 0 fully saturated rings. The van der Waals surface area contributed by atoms with Gasteiger partial charge < -0.3 is 10.4 Å². The van der Waals surface area contributed by atoms with Gasteiger partial charge in [0.25, 0.3) is 0 Å². The number of hydrogen-bond acceptors (Lipinski definition) is 3. The first-order valence-electron chi connectivity index (χ1n) is 4.64. The Bertz CT molecular complexity index is 90.6. The van der Waals surface area contributed by atoms with Crippen LogP contribution in [-0.4, -0.2) is 36.3 Å². The van der Waals surface area contributed by atoms with Crippen LogP contribution >= 0.6 is 11.8 Å². The molecule has 0 aromatic rings. The van der Waals surface area contributed by atoms with E-state index in [2.05, 4.69) is 18.5 Å². The maximum absolute atomic E-state index is 8.59. The Balaban J connectivity index is 3.02. The van der Waals surface area contributed by atoms with Crippen molar-refractivity contribution in [3.63, 3.8) is 0 Å². The van der Waals surface area contributed by atoms with Crippen molar-refractivity contribution >= 4 is 11.8 Å². The number of rotatable bonds is 8. The zero-order chi connectivity index (χ0) is 9.23. The molecule has 0 amide bonds. The highest BCUT2D eigenvalue weighted by Gasteiger charge is 1.98. The van der Waals surface area contributed by atoms with Gasteiger partial charge in [-0.2, -0.15) is 11.8 Å². The molecule has 2 N–H and O–H groups in total. The smallest absolute Gasteiger partial charge is 0.0431 e. The number of nitrogens with one attached hydrogen (secondary N) is 1. The van der Waals surface area contributed by atoms with Crippen molar-refractivity contribution in [3.8, 4) is 0 Å². The molecule has 0 heterocycles. The summed E-state index contributed by atoms with van der Waals surface area (Å²) in [4.78, 5) is 0. The van der Waals surface area contributed by atoms with Crippen LogP contribution in [0.5, 0.6) is 0 Å². The molecule has 0 aliphatic rings. The van der Waals surface area contributed by atoms with Gasteiger partial charge in [-0.15, -0.1) is 0 Å². The van der Waals surface area contributed by atoms with Gasteiger partial charge in [0, 0.05) is 12.6 Å². The average molecular weight is 191 g/mol. The highest BCUT2D eigenvalue weighted by atomic mass is 32.2. The molecule has 0 spiro atoms. The topological polar surface area (TPSA) is 32.3 Å². The van der Waals surface area contributed by atoms with Gasteiger partial charge in [-0.3, -0.25) is 0 Å². The van der Waals surface area contributed by atoms with Crippen molar-refractivity contribution in [2.45, 2.75) is 32.2 Å². The molecular formula is C9H21NOS. The van der Waals surface area contributed by atoms with Gasteiger partial charge in [-0.1, -0.05) is 0 Å². The van der Waals surface area contributed by atoms with E-state index in [1.807, 2.05) is 11.8 Å². The fourth-order valence-electron chi connectivity index (χ4n) is 1.06. The Morgan fingerprint density at radius 1 is 1.42 bits per heavy atom. The summed E-state index contributed by atoms with van der Waals surface area (Å²) in [5.41, 5.74) is 0. The molecule has 12 heavy (non-hydrogen) atoms. The summed E-state index contributed by atoms with van der Waals surface area (Å²) in [5, 5.41) is 12.0. The predicted octanol–water partition coefficient (Wildman–Crippen LogP) is 1.49. The van der Waals surface area contributed by atoms with Gasteiger partial charge in [0.15, 0.2) is 0 Å². The van der Waals surface area contributed by atoms with Gasteiger partial charge in [-0.05, 0) is 44.7 Å². The molecule has 2 nitrogen and oxygen atoms in total. The second-order valence-corrected chi connectivity index (χ2v) is 4.05. The van der Waals surface area contributed by atoms with Crippen LogP contribution in [0.25, 0.3) is 0 Å². The monoisotopic (exact) mass is 191 g/mol. The lowest BCUT2D eigenvalue weighted by atomic mass is 10.2. The summed E-state index contributed by atoms with van der Waals surface area (Å²) in [6.45, 7) is 3.60. The third-order valence-corrected chi connectivity index (χ3v) is 2.51.